The van der Waals surface area contributed by atoms with Crippen LogP contribution in [0.2, 0.25) is 0 Å². The highest BCUT2D eigenvalue weighted by Crippen LogP contribution is 2.18. The van der Waals surface area contributed by atoms with Crippen LogP contribution >= 0.6 is 11.5 Å². The molecular formula is C9H12N4O3S. The summed E-state index contributed by atoms with van der Waals surface area (Å²) >= 11 is 1.11. The summed E-state index contributed by atoms with van der Waals surface area (Å²) in [6, 6.07) is -0.315. The van der Waals surface area contributed by atoms with E-state index < -0.39 is 11.9 Å². The molecule has 17 heavy (non-hydrogen) atoms. The number of hydrogen-bond acceptors (Lipinski definition) is 5. The third-order valence-corrected chi connectivity index (χ3v) is 3.29. The number of anilines is 1. The van der Waals surface area contributed by atoms with Crippen molar-refractivity contribution < 1.29 is 14.7 Å². The predicted molar refractivity (Wildman–Crippen MR) is 61.0 cm³/mol. The van der Waals surface area contributed by atoms with Crippen molar-refractivity contribution in [1.82, 2.24) is 14.3 Å². The Bertz CT molecular complexity index is 447. The first-order chi connectivity index (χ1) is 8.06. The van der Waals surface area contributed by atoms with Gasteiger partial charge in [0.2, 0.25) is 5.13 Å². The van der Waals surface area contributed by atoms with Crippen molar-refractivity contribution >= 4 is 28.7 Å². The van der Waals surface area contributed by atoms with E-state index in [9.17, 15) is 9.59 Å². The molecule has 1 aromatic heterocycles. The van der Waals surface area contributed by atoms with Gasteiger partial charge in [-0.15, -0.1) is 0 Å². The number of aromatic nitrogens is 2. The lowest BCUT2D eigenvalue weighted by molar-refractivity contribution is -0.141. The number of carbonyl (C=O) groups is 2. The van der Waals surface area contributed by atoms with Crippen LogP contribution in [0, 0.1) is 12.8 Å². The molecule has 2 heterocycles. The van der Waals surface area contributed by atoms with E-state index in [1.54, 1.807) is 6.92 Å². The second-order valence-electron chi connectivity index (χ2n) is 3.85. The number of hydrogen-bond donors (Lipinski definition) is 2. The summed E-state index contributed by atoms with van der Waals surface area (Å²) in [5.74, 6) is -0.709. The van der Waals surface area contributed by atoms with Gasteiger partial charge >= 0.3 is 12.0 Å². The summed E-state index contributed by atoms with van der Waals surface area (Å²) in [4.78, 5) is 28.0. The van der Waals surface area contributed by atoms with Gasteiger partial charge in [-0.1, -0.05) is 0 Å². The zero-order valence-corrected chi connectivity index (χ0v) is 10.0. The number of carbonyl (C=O) groups excluding carboxylic acids is 1. The lowest BCUT2D eigenvalue weighted by atomic mass is 10.1. The molecule has 7 nitrogen and oxygen atoms in total. The molecule has 1 aliphatic heterocycles. The molecule has 92 valence electrons. The summed E-state index contributed by atoms with van der Waals surface area (Å²) in [5.41, 5.74) is 0. The van der Waals surface area contributed by atoms with E-state index in [-0.39, 0.29) is 12.6 Å². The Hall–Kier alpha value is -1.70. The highest BCUT2D eigenvalue weighted by molar-refractivity contribution is 7.09. The number of carboxylic acid groups (broad SMARTS) is 1. The van der Waals surface area contributed by atoms with E-state index in [0.29, 0.717) is 23.9 Å². The minimum Gasteiger partial charge on any atom is -0.481 e. The van der Waals surface area contributed by atoms with E-state index in [2.05, 4.69) is 14.7 Å². The number of carboxylic acids is 1. The van der Waals surface area contributed by atoms with Gasteiger partial charge in [-0.3, -0.25) is 10.1 Å². The van der Waals surface area contributed by atoms with Crippen LogP contribution in [0.5, 0.6) is 0 Å². The number of aryl methyl sites for hydroxylation is 1. The van der Waals surface area contributed by atoms with E-state index in [1.807, 2.05) is 0 Å². The zero-order chi connectivity index (χ0) is 12.4. The molecule has 1 aliphatic rings. The van der Waals surface area contributed by atoms with E-state index in [1.165, 1.54) is 4.90 Å². The number of nitrogens with one attached hydrogen (secondary N) is 1. The van der Waals surface area contributed by atoms with Crippen LogP contribution in [-0.4, -0.2) is 44.5 Å². The number of urea groups is 1. The third-order valence-electron chi connectivity index (χ3n) is 2.57. The predicted octanol–water partition coefficient (Wildman–Crippen LogP) is 0.785. The molecule has 0 spiro atoms. The van der Waals surface area contributed by atoms with Gasteiger partial charge in [-0.25, -0.2) is 9.78 Å². The maximum absolute atomic E-state index is 11.8. The fourth-order valence-corrected chi connectivity index (χ4v) is 2.23. The van der Waals surface area contributed by atoms with Crippen molar-refractivity contribution in [3.8, 4) is 0 Å². The van der Waals surface area contributed by atoms with E-state index in [0.717, 1.165) is 11.5 Å². The van der Waals surface area contributed by atoms with Gasteiger partial charge in [0.15, 0.2) is 0 Å². The van der Waals surface area contributed by atoms with Crippen LogP contribution in [0.4, 0.5) is 9.93 Å². The van der Waals surface area contributed by atoms with Crippen LogP contribution in [-0.2, 0) is 4.79 Å². The van der Waals surface area contributed by atoms with Crippen LogP contribution < -0.4 is 5.32 Å². The smallest absolute Gasteiger partial charge is 0.323 e. The lowest BCUT2D eigenvalue weighted by Crippen LogP contribution is -2.33. The van der Waals surface area contributed by atoms with Crippen LogP contribution in [0.3, 0.4) is 0 Å². The second kappa shape index (κ2) is 4.66. The maximum Gasteiger partial charge on any atom is 0.323 e. The van der Waals surface area contributed by atoms with Crippen molar-refractivity contribution in [1.29, 1.82) is 0 Å². The third kappa shape index (κ3) is 2.70. The van der Waals surface area contributed by atoms with Gasteiger partial charge in [0.1, 0.15) is 5.82 Å². The lowest BCUT2D eigenvalue weighted by Gasteiger charge is -2.14. The molecule has 1 unspecified atom stereocenters. The second-order valence-corrected chi connectivity index (χ2v) is 4.60. The molecule has 0 aliphatic carbocycles. The minimum atomic E-state index is -0.855. The first kappa shape index (κ1) is 11.8. The molecule has 1 atom stereocenters. The van der Waals surface area contributed by atoms with Gasteiger partial charge in [0.25, 0.3) is 0 Å². The standard InChI is InChI=1S/C9H12N4O3S/c1-5-10-8(17-12-5)11-9(16)13-3-2-6(4-13)7(14)15/h6H,2-4H2,1H3,(H,14,15)(H,10,11,12,16). The summed E-state index contributed by atoms with van der Waals surface area (Å²) in [5, 5.41) is 11.9. The topological polar surface area (TPSA) is 95.4 Å². The van der Waals surface area contributed by atoms with Crippen molar-refractivity contribution in [2.45, 2.75) is 13.3 Å². The number of aliphatic carboxylic acids is 1. The van der Waals surface area contributed by atoms with Crippen LogP contribution in [0.1, 0.15) is 12.2 Å². The molecule has 1 saturated heterocycles. The summed E-state index contributed by atoms with van der Waals surface area (Å²) in [6.45, 7) is 2.45. The minimum absolute atomic E-state index is 0.249. The largest absolute Gasteiger partial charge is 0.481 e. The van der Waals surface area contributed by atoms with Crippen molar-refractivity contribution in [3.63, 3.8) is 0 Å². The SMILES string of the molecule is Cc1nsc(NC(=O)N2CCC(C(=O)O)C2)n1. The average molecular weight is 256 g/mol. The van der Waals surface area contributed by atoms with Gasteiger partial charge in [0, 0.05) is 24.6 Å². The molecule has 8 heteroatoms. The highest BCUT2D eigenvalue weighted by Gasteiger charge is 2.31. The highest BCUT2D eigenvalue weighted by atomic mass is 32.1. The Morgan fingerprint density at radius 1 is 1.59 bits per heavy atom. The Morgan fingerprint density at radius 2 is 2.35 bits per heavy atom. The van der Waals surface area contributed by atoms with Gasteiger partial charge in [0.05, 0.1) is 5.92 Å². The molecule has 1 aromatic rings. The number of rotatable bonds is 2. The fraction of sp³-hybridized carbons (Fsp3) is 0.556. The normalized spacial score (nSPS) is 19.4. The first-order valence-corrected chi connectivity index (χ1v) is 5.92. The van der Waals surface area contributed by atoms with Crippen LogP contribution in [0.25, 0.3) is 0 Å². The molecule has 0 aromatic carbocycles. The van der Waals surface area contributed by atoms with E-state index >= 15 is 0 Å². The molecule has 2 N–H and O–H groups in total. The molecule has 0 saturated carbocycles. The molecule has 0 radical (unpaired) electrons. The van der Waals surface area contributed by atoms with Gasteiger partial charge in [-0.05, 0) is 13.3 Å². The Labute approximate surface area is 102 Å². The quantitative estimate of drug-likeness (QED) is 0.815. The summed E-state index contributed by atoms with van der Waals surface area (Å²) in [7, 11) is 0. The Kier molecular flexibility index (Phi) is 3.23. The molecule has 2 amide bonds. The maximum atomic E-state index is 11.8. The molecule has 2 rings (SSSR count). The summed E-state index contributed by atoms with van der Waals surface area (Å²) < 4.78 is 3.94. The summed E-state index contributed by atoms with van der Waals surface area (Å²) in [6.07, 6.45) is 0.498. The fourth-order valence-electron chi connectivity index (χ4n) is 1.66. The number of nitrogens with zero attached hydrogens (tertiary/aromatic N) is 3. The van der Waals surface area contributed by atoms with Crippen LogP contribution in [0.15, 0.2) is 0 Å². The van der Waals surface area contributed by atoms with Crippen molar-refractivity contribution in [2.24, 2.45) is 5.92 Å². The van der Waals surface area contributed by atoms with Crippen molar-refractivity contribution in [3.05, 3.63) is 5.82 Å². The molecule has 1 fully saturated rings. The monoisotopic (exact) mass is 256 g/mol. The van der Waals surface area contributed by atoms with Gasteiger partial charge in [-0.2, -0.15) is 4.37 Å². The zero-order valence-electron chi connectivity index (χ0n) is 9.21. The number of amides is 2. The van der Waals surface area contributed by atoms with Crippen molar-refractivity contribution in [2.75, 3.05) is 18.4 Å². The number of likely N-dealkylation sites (tertiary alicyclic amines) is 1. The Balaban J connectivity index is 1.91. The Morgan fingerprint density at radius 3 is 2.88 bits per heavy atom. The van der Waals surface area contributed by atoms with E-state index in [4.69, 9.17) is 5.11 Å². The average Bonchev–Trinajstić information content (AvgIpc) is 2.86. The first-order valence-electron chi connectivity index (χ1n) is 5.15. The van der Waals surface area contributed by atoms with Gasteiger partial charge < -0.3 is 10.0 Å². The molecule has 0 bridgehead atoms. The molecular weight excluding hydrogens is 244 g/mol.